The molecule has 0 aliphatic carbocycles. The third kappa shape index (κ3) is 1.10. The smallest absolute Gasteiger partial charge is 0.0487 e. The molecular formula is C9H7BrS. The lowest BCUT2D eigenvalue weighted by Gasteiger charge is -1.97. The lowest BCUT2D eigenvalue weighted by atomic mass is 10.2. The van der Waals surface area contributed by atoms with Gasteiger partial charge in [0.15, 0.2) is 0 Å². The topological polar surface area (TPSA) is 0 Å². The van der Waals surface area contributed by atoms with Crippen molar-refractivity contribution in [3.8, 4) is 0 Å². The van der Waals surface area contributed by atoms with Crippen LogP contribution in [0.2, 0.25) is 0 Å². The third-order valence-electron chi connectivity index (χ3n) is 1.75. The van der Waals surface area contributed by atoms with Crippen LogP contribution in [-0.4, -0.2) is 0 Å². The van der Waals surface area contributed by atoms with Crippen LogP contribution in [0.5, 0.6) is 0 Å². The van der Waals surface area contributed by atoms with Gasteiger partial charge in [0, 0.05) is 9.17 Å². The van der Waals surface area contributed by atoms with Gasteiger partial charge < -0.3 is 0 Å². The summed E-state index contributed by atoms with van der Waals surface area (Å²) in [4.78, 5) is 0. The highest BCUT2D eigenvalue weighted by Gasteiger charge is 2.01. The van der Waals surface area contributed by atoms with Gasteiger partial charge in [-0.05, 0) is 45.2 Å². The minimum Gasteiger partial charge on any atom is -0.143 e. The average molecular weight is 227 g/mol. The van der Waals surface area contributed by atoms with E-state index in [1.54, 1.807) is 11.3 Å². The SMILES string of the molecule is Cc1ccc2ccsc2c1Br. The van der Waals surface area contributed by atoms with Crippen molar-refractivity contribution in [2.45, 2.75) is 6.92 Å². The molecule has 0 atom stereocenters. The van der Waals surface area contributed by atoms with Crippen LogP contribution in [0.25, 0.3) is 10.1 Å². The van der Waals surface area contributed by atoms with Gasteiger partial charge in [0.2, 0.25) is 0 Å². The first-order valence-electron chi connectivity index (χ1n) is 3.41. The molecule has 0 spiro atoms. The maximum Gasteiger partial charge on any atom is 0.0487 e. The van der Waals surface area contributed by atoms with Crippen molar-refractivity contribution >= 4 is 37.4 Å². The van der Waals surface area contributed by atoms with Crippen molar-refractivity contribution in [3.05, 3.63) is 33.6 Å². The van der Waals surface area contributed by atoms with Crippen molar-refractivity contribution in [3.63, 3.8) is 0 Å². The first kappa shape index (κ1) is 7.32. The number of thiophene rings is 1. The molecule has 0 saturated heterocycles. The molecule has 0 radical (unpaired) electrons. The number of hydrogen-bond donors (Lipinski definition) is 0. The largest absolute Gasteiger partial charge is 0.143 e. The summed E-state index contributed by atoms with van der Waals surface area (Å²) in [6.07, 6.45) is 0. The Hall–Kier alpha value is -0.340. The minimum absolute atomic E-state index is 1.24. The molecular weight excluding hydrogens is 220 g/mol. The molecule has 0 bridgehead atoms. The van der Waals surface area contributed by atoms with E-state index in [0.717, 1.165) is 0 Å². The summed E-state index contributed by atoms with van der Waals surface area (Å²) in [7, 11) is 0. The Bertz CT molecular complexity index is 389. The lowest BCUT2D eigenvalue weighted by Crippen LogP contribution is -1.72. The average Bonchev–Trinajstić information content (AvgIpc) is 2.45. The highest BCUT2D eigenvalue weighted by Crippen LogP contribution is 2.31. The number of benzene rings is 1. The fraction of sp³-hybridized carbons (Fsp3) is 0.111. The van der Waals surface area contributed by atoms with Gasteiger partial charge in [-0.1, -0.05) is 12.1 Å². The Labute approximate surface area is 78.0 Å². The van der Waals surface area contributed by atoms with E-state index in [1.807, 2.05) is 0 Å². The predicted molar refractivity (Wildman–Crippen MR) is 54.3 cm³/mol. The minimum atomic E-state index is 1.24. The van der Waals surface area contributed by atoms with Gasteiger partial charge >= 0.3 is 0 Å². The molecule has 56 valence electrons. The number of hydrogen-bond acceptors (Lipinski definition) is 1. The Morgan fingerprint density at radius 1 is 1.27 bits per heavy atom. The van der Waals surface area contributed by atoms with E-state index in [4.69, 9.17) is 0 Å². The Kier molecular flexibility index (Phi) is 1.74. The molecule has 1 heterocycles. The summed E-state index contributed by atoms with van der Waals surface area (Å²) < 4.78 is 2.59. The number of fused-ring (bicyclic) bond motifs is 1. The Morgan fingerprint density at radius 3 is 2.91 bits per heavy atom. The number of aryl methyl sites for hydroxylation is 1. The third-order valence-corrected chi connectivity index (χ3v) is 3.99. The van der Waals surface area contributed by atoms with Gasteiger partial charge in [0.05, 0.1) is 0 Å². The standard InChI is InChI=1S/C9H7BrS/c1-6-2-3-7-4-5-11-9(7)8(6)10/h2-5H,1H3. The molecule has 2 aromatic rings. The van der Waals surface area contributed by atoms with Crippen LogP contribution in [0.15, 0.2) is 28.1 Å². The van der Waals surface area contributed by atoms with E-state index >= 15 is 0 Å². The maximum absolute atomic E-state index is 3.57. The van der Waals surface area contributed by atoms with Gasteiger partial charge in [-0.25, -0.2) is 0 Å². The van der Waals surface area contributed by atoms with Crippen molar-refractivity contribution in [2.75, 3.05) is 0 Å². The van der Waals surface area contributed by atoms with Crippen molar-refractivity contribution in [1.82, 2.24) is 0 Å². The van der Waals surface area contributed by atoms with E-state index in [9.17, 15) is 0 Å². The summed E-state index contributed by atoms with van der Waals surface area (Å²) in [5.41, 5.74) is 1.31. The molecule has 2 rings (SSSR count). The van der Waals surface area contributed by atoms with Gasteiger partial charge in [-0.15, -0.1) is 11.3 Å². The second kappa shape index (κ2) is 2.61. The highest BCUT2D eigenvalue weighted by molar-refractivity contribution is 9.10. The van der Waals surface area contributed by atoms with Crippen molar-refractivity contribution in [2.24, 2.45) is 0 Å². The van der Waals surface area contributed by atoms with Gasteiger partial charge in [0.1, 0.15) is 0 Å². The molecule has 2 heteroatoms. The maximum atomic E-state index is 3.57. The van der Waals surface area contributed by atoms with Crippen LogP contribution >= 0.6 is 27.3 Å². The molecule has 0 nitrogen and oxygen atoms in total. The normalized spacial score (nSPS) is 10.7. The molecule has 11 heavy (non-hydrogen) atoms. The van der Waals surface area contributed by atoms with Gasteiger partial charge in [-0.2, -0.15) is 0 Å². The second-order valence-corrected chi connectivity index (χ2v) is 4.24. The first-order chi connectivity index (χ1) is 5.29. The fourth-order valence-corrected chi connectivity index (χ4v) is 2.62. The van der Waals surface area contributed by atoms with Crippen molar-refractivity contribution < 1.29 is 0 Å². The lowest BCUT2D eigenvalue weighted by molar-refractivity contribution is 1.48. The van der Waals surface area contributed by atoms with E-state index in [-0.39, 0.29) is 0 Å². The fourth-order valence-electron chi connectivity index (χ4n) is 1.10. The van der Waals surface area contributed by atoms with Crippen LogP contribution in [0, 0.1) is 6.92 Å². The van der Waals surface area contributed by atoms with E-state index in [1.165, 1.54) is 20.1 Å². The summed E-state index contributed by atoms with van der Waals surface area (Å²) in [5, 5.41) is 3.45. The molecule has 0 fully saturated rings. The zero-order valence-corrected chi connectivity index (χ0v) is 8.50. The zero-order chi connectivity index (χ0) is 7.84. The van der Waals surface area contributed by atoms with E-state index < -0.39 is 0 Å². The Balaban J connectivity index is 2.93. The monoisotopic (exact) mass is 226 g/mol. The van der Waals surface area contributed by atoms with E-state index in [2.05, 4.69) is 46.4 Å². The van der Waals surface area contributed by atoms with Gasteiger partial charge in [0.25, 0.3) is 0 Å². The molecule has 1 aromatic heterocycles. The van der Waals surface area contributed by atoms with Crippen LogP contribution < -0.4 is 0 Å². The van der Waals surface area contributed by atoms with E-state index in [0.29, 0.717) is 0 Å². The quantitative estimate of drug-likeness (QED) is 0.638. The van der Waals surface area contributed by atoms with Crippen LogP contribution in [0.4, 0.5) is 0 Å². The van der Waals surface area contributed by atoms with Crippen LogP contribution in [0.1, 0.15) is 5.56 Å². The molecule has 0 amide bonds. The summed E-state index contributed by atoms with van der Waals surface area (Å²) in [5.74, 6) is 0. The molecule has 0 unspecified atom stereocenters. The Morgan fingerprint density at radius 2 is 2.09 bits per heavy atom. The second-order valence-electron chi connectivity index (χ2n) is 2.54. The summed E-state index contributed by atoms with van der Waals surface area (Å²) in [6, 6.07) is 6.44. The number of halogens is 1. The predicted octanol–water partition coefficient (Wildman–Crippen LogP) is 3.97. The summed E-state index contributed by atoms with van der Waals surface area (Å²) >= 11 is 5.35. The van der Waals surface area contributed by atoms with Crippen LogP contribution in [0.3, 0.4) is 0 Å². The molecule has 1 aromatic carbocycles. The summed E-state index contributed by atoms with van der Waals surface area (Å²) in [6.45, 7) is 2.11. The number of rotatable bonds is 0. The molecule has 0 saturated carbocycles. The molecule has 0 aliphatic rings. The highest BCUT2D eigenvalue weighted by atomic mass is 79.9. The van der Waals surface area contributed by atoms with Crippen molar-refractivity contribution in [1.29, 1.82) is 0 Å². The zero-order valence-electron chi connectivity index (χ0n) is 6.10. The molecule has 0 N–H and O–H groups in total. The first-order valence-corrected chi connectivity index (χ1v) is 5.08. The van der Waals surface area contributed by atoms with Crippen LogP contribution in [-0.2, 0) is 0 Å². The van der Waals surface area contributed by atoms with Gasteiger partial charge in [-0.3, -0.25) is 0 Å². The molecule has 0 aliphatic heterocycles.